The van der Waals surface area contributed by atoms with Crippen LogP contribution in [0.1, 0.15) is 22.0 Å². The molecule has 5 nitrogen and oxygen atoms in total. The van der Waals surface area contributed by atoms with Crippen molar-refractivity contribution in [1.29, 1.82) is 0 Å². The number of fused-ring (bicyclic) bond motifs is 1. The van der Waals surface area contributed by atoms with Crippen LogP contribution in [-0.2, 0) is 27.2 Å². The van der Waals surface area contributed by atoms with Gasteiger partial charge < -0.3 is 14.4 Å². The van der Waals surface area contributed by atoms with Crippen molar-refractivity contribution in [2.24, 2.45) is 0 Å². The highest BCUT2D eigenvalue weighted by atomic mass is 32.1. The maximum atomic E-state index is 12.8. The van der Waals surface area contributed by atoms with Gasteiger partial charge in [0.1, 0.15) is 5.75 Å². The second-order valence-corrected chi connectivity index (χ2v) is 6.59. The van der Waals surface area contributed by atoms with Crippen LogP contribution in [0.4, 0.5) is 0 Å². The highest BCUT2D eigenvalue weighted by molar-refractivity contribution is 7.10. The van der Waals surface area contributed by atoms with Crippen molar-refractivity contribution in [3.63, 3.8) is 0 Å². The Kier molecular flexibility index (Phi) is 4.85. The van der Waals surface area contributed by atoms with Crippen molar-refractivity contribution in [3.05, 3.63) is 51.7 Å². The van der Waals surface area contributed by atoms with E-state index in [0.717, 1.165) is 22.4 Å². The minimum atomic E-state index is -0.650. The van der Waals surface area contributed by atoms with Gasteiger partial charge in [-0.25, -0.2) is 4.79 Å². The van der Waals surface area contributed by atoms with Gasteiger partial charge in [-0.1, -0.05) is 12.1 Å². The van der Waals surface area contributed by atoms with Crippen LogP contribution in [-0.4, -0.2) is 37.5 Å². The van der Waals surface area contributed by atoms with Gasteiger partial charge in [-0.2, -0.15) is 0 Å². The maximum Gasteiger partial charge on any atom is 0.333 e. The van der Waals surface area contributed by atoms with E-state index in [4.69, 9.17) is 9.47 Å². The molecule has 1 aliphatic heterocycles. The van der Waals surface area contributed by atoms with Crippen molar-refractivity contribution < 1.29 is 19.1 Å². The summed E-state index contributed by atoms with van der Waals surface area (Å²) in [5, 5.41) is 1.96. The van der Waals surface area contributed by atoms with Crippen molar-refractivity contribution in [2.75, 3.05) is 20.8 Å². The standard InChI is InChI=1S/C18H19NO4S/c1-22-13-5-3-4-12(10-13)11-16(20)19-8-6-15-14(7-9-24-15)17(19)18(21)23-2/h3-5,7,9-10,17H,6,8,11H2,1-2H3. The molecule has 1 unspecified atom stereocenters. The fourth-order valence-corrected chi connectivity index (χ4v) is 3.91. The zero-order chi connectivity index (χ0) is 17.1. The van der Waals surface area contributed by atoms with E-state index in [1.165, 1.54) is 7.11 Å². The monoisotopic (exact) mass is 345 g/mol. The molecular weight excluding hydrogens is 326 g/mol. The Morgan fingerprint density at radius 1 is 1.29 bits per heavy atom. The van der Waals surface area contributed by atoms with E-state index in [2.05, 4.69) is 0 Å². The summed E-state index contributed by atoms with van der Waals surface area (Å²) < 4.78 is 10.1. The van der Waals surface area contributed by atoms with Crippen LogP contribution in [0.5, 0.6) is 5.75 Å². The zero-order valence-electron chi connectivity index (χ0n) is 13.7. The van der Waals surface area contributed by atoms with E-state index in [-0.39, 0.29) is 12.3 Å². The molecule has 0 N–H and O–H groups in total. The Morgan fingerprint density at radius 3 is 2.88 bits per heavy atom. The number of carbonyl (C=O) groups excluding carboxylic acids is 2. The molecule has 6 heteroatoms. The molecule has 0 saturated heterocycles. The highest BCUT2D eigenvalue weighted by Crippen LogP contribution is 2.34. The summed E-state index contributed by atoms with van der Waals surface area (Å²) in [5.41, 5.74) is 1.75. The first-order chi connectivity index (χ1) is 11.6. The molecule has 0 fully saturated rings. The van der Waals surface area contributed by atoms with Gasteiger partial charge in [-0.15, -0.1) is 11.3 Å². The molecular formula is C18H19NO4S. The molecule has 2 heterocycles. The summed E-state index contributed by atoms with van der Waals surface area (Å²) in [7, 11) is 2.95. The molecule has 3 rings (SSSR count). The number of thiophene rings is 1. The SMILES string of the molecule is COC(=O)C1c2ccsc2CCN1C(=O)Cc1cccc(OC)c1. The van der Waals surface area contributed by atoms with Gasteiger partial charge in [0, 0.05) is 11.4 Å². The van der Waals surface area contributed by atoms with E-state index in [1.54, 1.807) is 23.3 Å². The lowest BCUT2D eigenvalue weighted by atomic mass is 9.99. The number of ether oxygens (including phenoxy) is 2. The lowest BCUT2D eigenvalue weighted by Crippen LogP contribution is -2.44. The van der Waals surface area contributed by atoms with E-state index in [9.17, 15) is 9.59 Å². The second-order valence-electron chi connectivity index (χ2n) is 5.59. The largest absolute Gasteiger partial charge is 0.497 e. The number of nitrogens with zero attached hydrogens (tertiary/aromatic N) is 1. The smallest absolute Gasteiger partial charge is 0.333 e. The van der Waals surface area contributed by atoms with Gasteiger partial charge in [0.15, 0.2) is 6.04 Å². The number of benzene rings is 1. The van der Waals surface area contributed by atoms with Crippen LogP contribution >= 0.6 is 11.3 Å². The first kappa shape index (κ1) is 16.5. The summed E-state index contributed by atoms with van der Waals surface area (Å²) in [4.78, 5) is 27.8. The number of hydrogen-bond acceptors (Lipinski definition) is 5. The first-order valence-corrected chi connectivity index (χ1v) is 8.58. The Balaban J connectivity index is 1.84. The van der Waals surface area contributed by atoms with E-state index in [0.29, 0.717) is 12.3 Å². The third-order valence-corrected chi connectivity index (χ3v) is 5.20. The molecule has 1 atom stereocenters. The van der Waals surface area contributed by atoms with Crippen LogP contribution in [0.3, 0.4) is 0 Å². The molecule has 2 aromatic rings. The second kappa shape index (κ2) is 7.05. The average molecular weight is 345 g/mol. The van der Waals surface area contributed by atoms with Crippen LogP contribution in [0, 0.1) is 0 Å². The van der Waals surface area contributed by atoms with Crippen LogP contribution < -0.4 is 4.74 Å². The third-order valence-electron chi connectivity index (χ3n) is 4.20. The zero-order valence-corrected chi connectivity index (χ0v) is 14.5. The number of carbonyl (C=O) groups is 2. The number of hydrogen-bond donors (Lipinski definition) is 0. The Bertz CT molecular complexity index is 755. The van der Waals surface area contributed by atoms with Gasteiger partial charge in [0.2, 0.25) is 5.91 Å². The number of esters is 1. The topological polar surface area (TPSA) is 55.8 Å². The van der Waals surface area contributed by atoms with Crippen LogP contribution in [0.15, 0.2) is 35.7 Å². The third kappa shape index (κ3) is 3.14. The summed E-state index contributed by atoms with van der Waals surface area (Å²) in [6.07, 6.45) is 0.995. The summed E-state index contributed by atoms with van der Waals surface area (Å²) in [6.45, 7) is 0.524. The molecule has 0 saturated carbocycles. The first-order valence-electron chi connectivity index (χ1n) is 7.70. The Hall–Kier alpha value is -2.34. The minimum absolute atomic E-state index is 0.0875. The van der Waals surface area contributed by atoms with Gasteiger partial charge in [0.05, 0.1) is 20.6 Å². The molecule has 1 amide bonds. The average Bonchev–Trinajstić information content (AvgIpc) is 3.08. The predicted molar refractivity (Wildman–Crippen MR) is 91.2 cm³/mol. The van der Waals surface area contributed by atoms with E-state index in [1.807, 2.05) is 35.7 Å². The fraction of sp³-hybridized carbons (Fsp3) is 0.333. The van der Waals surface area contributed by atoms with Gasteiger partial charge in [-0.3, -0.25) is 4.79 Å². The van der Waals surface area contributed by atoms with Crippen molar-refractivity contribution in [2.45, 2.75) is 18.9 Å². The van der Waals surface area contributed by atoms with Crippen LogP contribution in [0.25, 0.3) is 0 Å². The number of methoxy groups -OCH3 is 2. The molecule has 24 heavy (non-hydrogen) atoms. The quantitative estimate of drug-likeness (QED) is 0.799. The maximum absolute atomic E-state index is 12.8. The minimum Gasteiger partial charge on any atom is -0.497 e. The van der Waals surface area contributed by atoms with E-state index < -0.39 is 12.0 Å². The normalized spacial score (nSPS) is 16.4. The molecule has 126 valence electrons. The predicted octanol–water partition coefficient (Wildman–Crippen LogP) is 2.60. The van der Waals surface area contributed by atoms with Gasteiger partial charge in [-0.05, 0) is 41.1 Å². The summed E-state index contributed by atoms with van der Waals surface area (Å²) in [6, 6.07) is 8.67. The highest BCUT2D eigenvalue weighted by Gasteiger charge is 2.37. The summed E-state index contributed by atoms with van der Waals surface area (Å²) >= 11 is 1.62. The molecule has 0 aliphatic carbocycles. The van der Waals surface area contributed by atoms with Crippen molar-refractivity contribution >= 4 is 23.2 Å². The Labute approximate surface area is 144 Å². The Morgan fingerprint density at radius 2 is 2.12 bits per heavy atom. The van der Waals surface area contributed by atoms with Crippen molar-refractivity contribution in [3.8, 4) is 5.75 Å². The summed E-state index contributed by atoms with van der Waals surface area (Å²) in [5.74, 6) is 0.229. The van der Waals surface area contributed by atoms with Crippen LogP contribution in [0.2, 0.25) is 0 Å². The molecule has 1 aromatic heterocycles. The lowest BCUT2D eigenvalue weighted by Gasteiger charge is -2.34. The van der Waals surface area contributed by atoms with Gasteiger partial charge >= 0.3 is 5.97 Å². The molecule has 0 spiro atoms. The molecule has 1 aromatic carbocycles. The van der Waals surface area contributed by atoms with Gasteiger partial charge in [0.25, 0.3) is 0 Å². The molecule has 1 aliphatic rings. The van der Waals surface area contributed by atoms with Crippen molar-refractivity contribution in [1.82, 2.24) is 4.90 Å². The van der Waals surface area contributed by atoms with E-state index >= 15 is 0 Å². The fourth-order valence-electron chi connectivity index (χ4n) is 3.01. The molecule has 0 radical (unpaired) electrons. The molecule has 0 bridgehead atoms. The number of rotatable bonds is 4. The lowest BCUT2D eigenvalue weighted by molar-refractivity contribution is -0.153. The number of amides is 1.